The molecule has 33 heavy (non-hydrogen) atoms. The number of carbonyl (C=O) groups is 1. The minimum absolute atomic E-state index is 0.0991. The Hall–Kier alpha value is -3.11. The van der Waals surface area contributed by atoms with Gasteiger partial charge in [-0.2, -0.15) is 0 Å². The molecule has 1 unspecified atom stereocenters. The zero-order valence-electron chi connectivity index (χ0n) is 19.9. The average molecular weight is 443 g/mol. The van der Waals surface area contributed by atoms with Crippen molar-refractivity contribution in [3.63, 3.8) is 0 Å². The first-order valence-corrected chi connectivity index (χ1v) is 11.9. The van der Waals surface area contributed by atoms with E-state index in [1.165, 1.54) is 23.1 Å². The number of amides is 1. The monoisotopic (exact) mass is 442 g/mol. The van der Waals surface area contributed by atoms with Crippen LogP contribution in [0.5, 0.6) is 5.75 Å². The SMILES string of the molecule is CCc1ccc(COc2ccc(C(=O)Nc3ccc4c(c3)CCC(CN(C)C)C4)cc2)cc1. The topological polar surface area (TPSA) is 41.6 Å². The first-order valence-electron chi connectivity index (χ1n) is 11.9. The van der Waals surface area contributed by atoms with E-state index in [-0.39, 0.29) is 5.91 Å². The molecular formula is C29H34N2O2. The number of fused-ring (bicyclic) bond motifs is 1. The molecule has 1 atom stereocenters. The van der Waals surface area contributed by atoms with Crippen LogP contribution in [0.2, 0.25) is 0 Å². The molecule has 0 saturated heterocycles. The van der Waals surface area contributed by atoms with Crippen LogP contribution in [0.3, 0.4) is 0 Å². The van der Waals surface area contributed by atoms with Crippen LogP contribution in [-0.4, -0.2) is 31.4 Å². The number of nitrogens with zero attached hydrogens (tertiary/aromatic N) is 1. The highest BCUT2D eigenvalue weighted by Crippen LogP contribution is 2.28. The second kappa shape index (κ2) is 10.7. The van der Waals surface area contributed by atoms with Gasteiger partial charge < -0.3 is 15.0 Å². The van der Waals surface area contributed by atoms with E-state index < -0.39 is 0 Å². The fraction of sp³-hybridized carbons (Fsp3) is 0.345. The lowest BCUT2D eigenvalue weighted by Crippen LogP contribution is -2.26. The van der Waals surface area contributed by atoms with E-state index in [2.05, 4.69) is 67.6 Å². The standard InChI is InChI=1S/C29H34N2O2/c1-4-21-5-7-22(8-6-21)20-33-28-15-12-24(13-16-28)29(32)30-27-14-11-25-17-23(19-31(2)3)9-10-26(25)18-27/h5-8,11-16,18,23H,4,9-10,17,19-20H2,1-3H3,(H,30,32). The van der Waals surface area contributed by atoms with Gasteiger partial charge in [0.1, 0.15) is 12.4 Å². The van der Waals surface area contributed by atoms with Crippen molar-refractivity contribution in [2.45, 2.75) is 39.2 Å². The van der Waals surface area contributed by atoms with Gasteiger partial charge in [0.05, 0.1) is 0 Å². The molecule has 172 valence electrons. The van der Waals surface area contributed by atoms with E-state index in [1.807, 2.05) is 30.3 Å². The Labute approximate surface area is 197 Å². The third kappa shape index (κ3) is 6.23. The highest BCUT2D eigenvalue weighted by molar-refractivity contribution is 6.04. The summed E-state index contributed by atoms with van der Waals surface area (Å²) in [6.45, 7) is 3.79. The quantitative estimate of drug-likeness (QED) is 0.483. The Kier molecular flexibility index (Phi) is 7.46. The van der Waals surface area contributed by atoms with Crippen LogP contribution in [0, 0.1) is 5.92 Å². The fourth-order valence-electron chi connectivity index (χ4n) is 4.52. The summed E-state index contributed by atoms with van der Waals surface area (Å²) >= 11 is 0. The molecule has 4 rings (SSSR count). The maximum atomic E-state index is 12.7. The largest absolute Gasteiger partial charge is 0.489 e. The van der Waals surface area contributed by atoms with Crippen molar-refractivity contribution in [2.24, 2.45) is 5.92 Å². The molecule has 1 aliphatic carbocycles. The number of nitrogens with one attached hydrogen (secondary N) is 1. The second-order valence-corrected chi connectivity index (χ2v) is 9.29. The highest BCUT2D eigenvalue weighted by atomic mass is 16.5. The minimum atomic E-state index is -0.0991. The van der Waals surface area contributed by atoms with Crippen molar-refractivity contribution in [3.05, 3.63) is 94.5 Å². The molecule has 4 nitrogen and oxygen atoms in total. The lowest BCUT2D eigenvalue weighted by atomic mass is 9.83. The van der Waals surface area contributed by atoms with Gasteiger partial charge in [-0.05, 0) is 104 Å². The summed E-state index contributed by atoms with van der Waals surface area (Å²) in [5.74, 6) is 1.37. The van der Waals surface area contributed by atoms with Crippen LogP contribution in [-0.2, 0) is 25.9 Å². The normalized spacial score (nSPS) is 15.2. The first kappa shape index (κ1) is 23.1. The summed E-state index contributed by atoms with van der Waals surface area (Å²) in [5.41, 5.74) is 6.71. The zero-order valence-corrected chi connectivity index (χ0v) is 19.9. The Morgan fingerprint density at radius 3 is 2.39 bits per heavy atom. The molecule has 0 fully saturated rings. The third-order valence-corrected chi connectivity index (χ3v) is 6.37. The Balaban J connectivity index is 1.32. The number of carbonyl (C=O) groups excluding carboxylic acids is 1. The molecule has 0 radical (unpaired) electrons. The molecule has 3 aromatic rings. The average Bonchev–Trinajstić information content (AvgIpc) is 2.83. The third-order valence-electron chi connectivity index (χ3n) is 6.37. The Morgan fingerprint density at radius 1 is 0.970 bits per heavy atom. The molecule has 4 heteroatoms. The Morgan fingerprint density at radius 2 is 1.70 bits per heavy atom. The number of rotatable bonds is 8. The van der Waals surface area contributed by atoms with Crippen molar-refractivity contribution >= 4 is 11.6 Å². The van der Waals surface area contributed by atoms with Crippen molar-refractivity contribution in [2.75, 3.05) is 26.0 Å². The number of benzene rings is 3. The van der Waals surface area contributed by atoms with Gasteiger partial charge in [0, 0.05) is 17.8 Å². The van der Waals surface area contributed by atoms with Crippen LogP contribution >= 0.6 is 0 Å². The minimum Gasteiger partial charge on any atom is -0.489 e. The van der Waals surface area contributed by atoms with Crippen LogP contribution in [0.15, 0.2) is 66.7 Å². The molecular weight excluding hydrogens is 408 g/mol. The van der Waals surface area contributed by atoms with Gasteiger partial charge in [-0.25, -0.2) is 0 Å². The lowest BCUT2D eigenvalue weighted by Gasteiger charge is -2.27. The second-order valence-electron chi connectivity index (χ2n) is 9.29. The van der Waals surface area contributed by atoms with Gasteiger partial charge in [-0.1, -0.05) is 37.3 Å². The summed E-state index contributed by atoms with van der Waals surface area (Å²) in [6, 6.07) is 22.1. The van der Waals surface area contributed by atoms with Crippen LogP contribution in [0.1, 0.15) is 46.0 Å². The van der Waals surface area contributed by atoms with E-state index >= 15 is 0 Å². The molecule has 0 saturated carbocycles. The number of aryl methyl sites for hydroxylation is 2. The van der Waals surface area contributed by atoms with E-state index in [0.29, 0.717) is 18.1 Å². The lowest BCUT2D eigenvalue weighted by molar-refractivity contribution is 0.102. The van der Waals surface area contributed by atoms with Crippen LogP contribution < -0.4 is 10.1 Å². The zero-order chi connectivity index (χ0) is 23.2. The van der Waals surface area contributed by atoms with Crippen molar-refractivity contribution in [1.29, 1.82) is 0 Å². The van der Waals surface area contributed by atoms with E-state index in [9.17, 15) is 4.79 Å². The van der Waals surface area contributed by atoms with Gasteiger partial charge in [-0.15, -0.1) is 0 Å². The van der Waals surface area contributed by atoms with Crippen molar-refractivity contribution in [1.82, 2.24) is 4.90 Å². The van der Waals surface area contributed by atoms with Crippen LogP contribution in [0.4, 0.5) is 5.69 Å². The van der Waals surface area contributed by atoms with E-state index in [0.717, 1.165) is 42.8 Å². The molecule has 0 spiro atoms. The number of ether oxygens (including phenoxy) is 1. The molecule has 0 bridgehead atoms. The summed E-state index contributed by atoms with van der Waals surface area (Å²) in [6.07, 6.45) is 4.43. The maximum absolute atomic E-state index is 12.7. The van der Waals surface area contributed by atoms with Crippen molar-refractivity contribution in [3.8, 4) is 5.75 Å². The number of hydrogen-bond donors (Lipinski definition) is 1. The molecule has 0 heterocycles. The van der Waals surface area contributed by atoms with E-state index in [4.69, 9.17) is 4.74 Å². The summed E-state index contributed by atoms with van der Waals surface area (Å²) in [5, 5.41) is 3.05. The molecule has 0 aromatic heterocycles. The summed E-state index contributed by atoms with van der Waals surface area (Å²) < 4.78 is 5.88. The molecule has 3 aromatic carbocycles. The van der Waals surface area contributed by atoms with Crippen molar-refractivity contribution < 1.29 is 9.53 Å². The van der Waals surface area contributed by atoms with E-state index in [1.54, 1.807) is 0 Å². The molecule has 1 N–H and O–H groups in total. The first-order chi connectivity index (χ1) is 16.0. The fourth-order valence-corrected chi connectivity index (χ4v) is 4.52. The maximum Gasteiger partial charge on any atom is 0.255 e. The summed E-state index contributed by atoms with van der Waals surface area (Å²) in [4.78, 5) is 15.0. The summed E-state index contributed by atoms with van der Waals surface area (Å²) in [7, 11) is 4.27. The predicted octanol–water partition coefficient (Wildman–Crippen LogP) is 5.75. The van der Waals surface area contributed by atoms with Gasteiger partial charge in [0.25, 0.3) is 5.91 Å². The Bertz CT molecular complexity index is 1070. The molecule has 0 aliphatic heterocycles. The predicted molar refractivity (Wildman–Crippen MR) is 135 cm³/mol. The smallest absolute Gasteiger partial charge is 0.255 e. The highest BCUT2D eigenvalue weighted by Gasteiger charge is 2.19. The van der Waals surface area contributed by atoms with Gasteiger partial charge in [0.15, 0.2) is 0 Å². The molecule has 1 amide bonds. The number of hydrogen-bond acceptors (Lipinski definition) is 3. The van der Waals surface area contributed by atoms with Crippen LogP contribution in [0.25, 0.3) is 0 Å². The van der Waals surface area contributed by atoms with Gasteiger partial charge in [-0.3, -0.25) is 4.79 Å². The number of anilines is 1. The molecule has 1 aliphatic rings. The van der Waals surface area contributed by atoms with Gasteiger partial charge >= 0.3 is 0 Å². The van der Waals surface area contributed by atoms with Gasteiger partial charge in [0.2, 0.25) is 0 Å².